The van der Waals surface area contributed by atoms with E-state index in [2.05, 4.69) is 29.2 Å². The minimum atomic E-state index is -0.306. The average molecular weight is 364 g/mol. The molecule has 0 fully saturated rings. The largest absolute Gasteiger partial charge is 0.298 e. The normalized spacial score (nSPS) is 14.0. The lowest BCUT2D eigenvalue weighted by molar-refractivity contribution is 0.0960. The summed E-state index contributed by atoms with van der Waals surface area (Å²) < 4.78 is 12.8. The molecule has 2 nitrogen and oxygen atoms in total. The number of Topliss-reactive ketones (excluding diaryl/α,β-unsaturated/α-hetero) is 1. The zero-order valence-corrected chi connectivity index (χ0v) is 14.0. The second kappa shape index (κ2) is 7.65. The van der Waals surface area contributed by atoms with E-state index in [0.717, 1.165) is 26.1 Å². The molecule has 2 aromatic carbocycles. The standard InChI is InChI=1S/C18H18FNO.BrH/c19-17-7-5-15(6-8-17)18(21)10-12-20-11-9-14-3-1-2-4-16(14)13-20;/h1-8H,9-13H2;1H. The molecule has 0 spiro atoms. The van der Waals surface area contributed by atoms with Crippen LogP contribution in [0.25, 0.3) is 0 Å². The van der Waals surface area contributed by atoms with Crippen LogP contribution in [0.2, 0.25) is 0 Å². The number of benzene rings is 2. The van der Waals surface area contributed by atoms with Gasteiger partial charge >= 0.3 is 0 Å². The summed E-state index contributed by atoms with van der Waals surface area (Å²) in [6.45, 7) is 2.66. The SMILES string of the molecule is Br.O=C(CCN1CCc2ccccc2C1)c1ccc(F)cc1. The van der Waals surface area contributed by atoms with E-state index in [1.165, 1.54) is 23.3 Å². The maximum Gasteiger partial charge on any atom is 0.164 e. The van der Waals surface area contributed by atoms with Crippen LogP contribution in [-0.2, 0) is 13.0 Å². The molecule has 2 aromatic rings. The summed E-state index contributed by atoms with van der Waals surface area (Å²) >= 11 is 0. The van der Waals surface area contributed by atoms with Crippen molar-refractivity contribution >= 4 is 22.8 Å². The van der Waals surface area contributed by atoms with Gasteiger partial charge in [-0.2, -0.15) is 0 Å². The molecule has 0 amide bonds. The number of ketones is 1. The van der Waals surface area contributed by atoms with Gasteiger partial charge < -0.3 is 0 Å². The summed E-state index contributed by atoms with van der Waals surface area (Å²) in [5.74, 6) is -0.229. The zero-order chi connectivity index (χ0) is 14.7. The Labute approximate surface area is 140 Å². The molecule has 0 aromatic heterocycles. The summed E-state index contributed by atoms with van der Waals surface area (Å²) in [4.78, 5) is 14.4. The summed E-state index contributed by atoms with van der Waals surface area (Å²) in [6, 6.07) is 14.3. The number of rotatable bonds is 4. The van der Waals surface area contributed by atoms with Gasteiger partial charge in [-0.1, -0.05) is 24.3 Å². The van der Waals surface area contributed by atoms with Crippen LogP contribution >= 0.6 is 17.0 Å². The van der Waals surface area contributed by atoms with Gasteiger partial charge in [0, 0.05) is 31.6 Å². The van der Waals surface area contributed by atoms with Crippen molar-refractivity contribution in [3.63, 3.8) is 0 Å². The lowest BCUT2D eigenvalue weighted by atomic mass is 9.99. The van der Waals surface area contributed by atoms with Crippen molar-refractivity contribution in [3.05, 3.63) is 71.0 Å². The minimum Gasteiger partial charge on any atom is -0.298 e. The number of carbonyl (C=O) groups is 1. The zero-order valence-electron chi connectivity index (χ0n) is 12.3. The van der Waals surface area contributed by atoms with E-state index in [4.69, 9.17) is 0 Å². The van der Waals surface area contributed by atoms with Crippen molar-refractivity contribution < 1.29 is 9.18 Å². The maximum absolute atomic E-state index is 12.8. The van der Waals surface area contributed by atoms with Crippen LogP contribution in [-0.4, -0.2) is 23.8 Å². The Bertz CT molecular complexity index is 642. The molecule has 3 rings (SSSR count). The predicted octanol–water partition coefficient (Wildman–Crippen LogP) is 4.03. The van der Waals surface area contributed by atoms with E-state index in [0.29, 0.717) is 12.0 Å². The quantitative estimate of drug-likeness (QED) is 0.764. The average Bonchev–Trinajstić information content (AvgIpc) is 2.53. The van der Waals surface area contributed by atoms with Crippen LogP contribution in [0, 0.1) is 5.82 Å². The number of halogens is 2. The Morgan fingerprint density at radius 1 is 1.05 bits per heavy atom. The molecule has 0 saturated heterocycles. The summed E-state index contributed by atoms with van der Waals surface area (Å²) in [5, 5.41) is 0. The number of fused-ring (bicyclic) bond motifs is 1. The molecule has 0 bridgehead atoms. The Hall–Kier alpha value is -1.52. The third-order valence-corrected chi connectivity index (χ3v) is 4.03. The molecular weight excluding hydrogens is 345 g/mol. The van der Waals surface area contributed by atoms with Crippen molar-refractivity contribution in [3.8, 4) is 0 Å². The third-order valence-electron chi connectivity index (χ3n) is 4.03. The van der Waals surface area contributed by atoms with Crippen molar-refractivity contribution in [1.82, 2.24) is 4.90 Å². The molecule has 4 heteroatoms. The van der Waals surface area contributed by atoms with Crippen molar-refractivity contribution in [2.75, 3.05) is 13.1 Å². The molecule has 1 aliphatic heterocycles. The van der Waals surface area contributed by atoms with Gasteiger partial charge in [-0.15, -0.1) is 17.0 Å². The molecule has 116 valence electrons. The second-order valence-electron chi connectivity index (χ2n) is 5.47. The summed E-state index contributed by atoms with van der Waals surface area (Å²) in [6.07, 6.45) is 1.52. The van der Waals surface area contributed by atoms with Gasteiger partial charge in [-0.3, -0.25) is 9.69 Å². The van der Waals surface area contributed by atoms with Gasteiger partial charge in [0.15, 0.2) is 5.78 Å². The highest BCUT2D eigenvalue weighted by Gasteiger charge is 2.16. The van der Waals surface area contributed by atoms with Gasteiger partial charge in [0.25, 0.3) is 0 Å². The highest BCUT2D eigenvalue weighted by molar-refractivity contribution is 8.93. The molecule has 0 atom stereocenters. The van der Waals surface area contributed by atoms with E-state index in [1.807, 2.05) is 0 Å². The molecule has 0 radical (unpaired) electrons. The van der Waals surface area contributed by atoms with Crippen molar-refractivity contribution in [1.29, 1.82) is 0 Å². The number of carbonyl (C=O) groups excluding carboxylic acids is 1. The minimum absolute atomic E-state index is 0. The van der Waals surface area contributed by atoms with Gasteiger partial charge in [-0.05, 0) is 41.8 Å². The second-order valence-corrected chi connectivity index (χ2v) is 5.47. The smallest absolute Gasteiger partial charge is 0.164 e. The predicted molar refractivity (Wildman–Crippen MR) is 91.1 cm³/mol. The molecule has 0 unspecified atom stereocenters. The van der Waals surface area contributed by atoms with E-state index in [1.54, 1.807) is 12.1 Å². The van der Waals surface area contributed by atoms with Crippen LogP contribution in [0.5, 0.6) is 0 Å². The van der Waals surface area contributed by atoms with Crippen LogP contribution in [0.3, 0.4) is 0 Å². The first kappa shape index (κ1) is 16.8. The highest BCUT2D eigenvalue weighted by atomic mass is 79.9. The molecule has 22 heavy (non-hydrogen) atoms. The van der Waals surface area contributed by atoms with E-state index in [9.17, 15) is 9.18 Å². The molecular formula is C18H19BrFNO. The van der Waals surface area contributed by atoms with Gasteiger partial charge in [0.1, 0.15) is 5.82 Å². The third kappa shape index (κ3) is 4.02. The maximum atomic E-state index is 12.8. The number of hydrogen-bond donors (Lipinski definition) is 0. The highest BCUT2D eigenvalue weighted by Crippen LogP contribution is 2.18. The fourth-order valence-electron chi connectivity index (χ4n) is 2.78. The lowest BCUT2D eigenvalue weighted by Crippen LogP contribution is -2.32. The Morgan fingerprint density at radius 2 is 1.73 bits per heavy atom. The monoisotopic (exact) mass is 363 g/mol. The summed E-state index contributed by atoms with van der Waals surface area (Å²) in [7, 11) is 0. The molecule has 1 heterocycles. The molecule has 0 saturated carbocycles. The van der Waals surface area contributed by atoms with Gasteiger partial charge in [-0.25, -0.2) is 4.39 Å². The van der Waals surface area contributed by atoms with Crippen LogP contribution in [0.4, 0.5) is 4.39 Å². The lowest BCUT2D eigenvalue weighted by Gasteiger charge is -2.28. The van der Waals surface area contributed by atoms with Gasteiger partial charge in [0.05, 0.1) is 0 Å². The van der Waals surface area contributed by atoms with Crippen LogP contribution in [0.1, 0.15) is 27.9 Å². The van der Waals surface area contributed by atoms with Crippen LogP contribution < -0.4 is 0 Å². The molecule has 0 aliphatic carbocycles. The Balaban J connectivity index is 0.00000176. The van der Waals surface area contributed by atoms with E-state index < -0.39 is 0 Å². The van der Waals surface area contributed by atoms with Gasteiger partial charge in [0.2, 0.25) is 0 Å². The fourth-order valence-corrected chi connectivity index (χ4v) is 2.78. The first-order chi connectivity index (χ1) is 10.2. The first-order valence-electron chi connectivity index (χ1n) is 7.30. The fraction of sp³-hybridized carbons (Fsp3) is 0.278. The van der Waals surface area contributed by atoms with Crippen molar-refractivity contribution in [2.24, 2.45) is 0 Å². The van der Waals surface area contributed by atoms with Crippen molar-refractivity contribution in [2.45, 2.75) is 19.4 Å². The topological polar surface area (TPSA) is 20.3 Å². The molecule has 0 N–H and O–H groups in total. The summed E-state index contributed by atoms with van der Waals surface area (Å²) in [5.41, 5.74) is 3.37. The Kier molecular flexibility index (Phi) is 5.86. The van der Waals surface area contributed by atoms with Crippen LogP contribution in [0.15, 0.2) is 48.5 Å². The number of hydrogen-bond acceptors (Lipinski definition) is 2. The first-order valence-corrected chi connectivity index (χ1v) is 7.30. The van der Waals surface area contributed by atoms with E-state index in [-0.39, 0.29) is 28.6 Å². The Morgan fingerprint density at radius 3 is 2.45 bits per heavy atom. The molecule has 1 aliphatic rings. The number of nitrogens with zero attached hydrogens (tertiary/aromatic N) is 1. The van der Waals surface area contributed by atoms with E-state index >= 15 is 0 Å².